The minimum absolute atomic E-state index is 0. The van der Waals surface area contributed by atoms with Gasteiger partial charge >= 0.3 is 58.4 Å². The molecule has 0 saturated carbocycles. The summed E-state index contributed by atoms with van der Waals surface area (Å²) in [6.07, 6.45) is 0. The topological polar surface area (TPSA) is 0 Å². The molecule has 0 N–H and O–H groups in total. The Balaban J connectivity index is 0.00000225. The van der Waals surface area contributed by atoms with Crippen LogP contribution >= 0.6 is 0 Å². The summed E-state index contributed by atoms with van der Waals surface area (Å²) in [5.74, 6) is -1.19. The van der Waals surface area contributed by atoms with Crippen molar-refractivity contribution in [3.8, 4) is 0 Å². The first-order valence-corrected chi connectivity index (χ1v) is 4.62. The van der Waals surface area contributed by atoms with Gasteiger partial charge in [-0.1, -0.05) is 38.4 Å². The predicted octanol–water partition coefficient (Wildman–Crippen LogP) is 0.182. The number of benzene rings is 1. The zero-order chi connectivity index (χ0) is 11.9. The normalized spacial score (nSPS) is 12.2. The molecule has 1 aromatic carbocycles. The summed E-state index contributed by atoms with van der Waals surface area (Å²) in [4.78, 5) is 0. The molecule has 0 amide bonds. The average molecular weight is 258 g/mol. The van der Waals surface area contributed by atoms with Gasteiger partial charge in [-0.15, -0.1) is 0 Å². The van der Waals surface area contributed by atoms with E-state index in [1.807, 2.05) is 20.8 Å². The van der Waals surface area contributed by atoms with E-state index in [1.165, 1.54) is 6.07 Å². The summed E-state index contributed by atoms with van der Waals surface area (Å²) in [7, 11) is 0. The third-order valence-corrected chi connectivity index (χ3v) is 2.22. The Morgan fingerprint density at radius 3 is 1.88 bits per heavy atom. The standard InChI is InChI=1S/C10H12BF4.K/c1-10(2,3)7-4-5-8(9(12)6-7)11(13,14)15;/h4-6H,1-3H3;/q-1;+1. The summed E-state index contributed by atoms with van der Waals surface area (Å²) < 4.78 is 50.1. The van der Waals surface area contributed by atoms with Crippen LogP contribution in [0.25, 0.3) is 0 Å². The van der Waals surface area contributed by atoms with Crippen LogP contribution in [-0.4, -0.2) is 6.98 Å². The Hall–Kier alpha value is 0.641. The number of rotatable bonds is 1. The van der Waals surface area contributed by atoms with Gasteiger partial charge in [0.25, 0.3) is 0 Å². The quantitative estimate of drug-likeness (QED) is 0.498. The molecule has 0 aliphatic carbocycles. The minimum Gasteiger partial charge on any atom is -0.445 e. The molecule has 1 aromatic rings. The molecule has 0 aromatic heterocycles. The van der Waals surface area contributed by atoms with Gasteiger partial charge in [-0.2, -0.15) is 0 Å². The number of hydrogen-bond donors (Lipinski definition) is 0. The molecule has 0 spiro atoms. The Labute approximate surface area is 135 Å². The van der Waals surface area contributed by atoms with E-state index in [9.17, 15) is 17.3 Å². The number of hydrogen-bond acceptors (Lipinski definition) is 0. The molecule has 1 rings (SSSR count). The van der Waals surface area contributed by atoms with E-state index in [0.29, 0.717) is 5.56 Å². The van der Waals surface area contributed by atoms with Crippen molar-refractivity contribution >= 4 is 12.4 Å². The van der Waals surface area contributed by atoms with Crippen molar-refractivity contribution in [1.29, 1.82) is 0 Å². The maximum Gasteiger partial charge on any atom is 1.00 e. The van der Waals surface area contributed by atoms with E-state index in [4.69, 9.17) is 0 Å². The molecule has 0 saturated heterocycles. The smallest absolute Gasteiger partial charge is 0.445 e. The summed E-state index contributed by atoms with van der Waals surface area (Å²) in [5.41, 5.74) is -0.940. The van der Waals surface area contributed by atoms with Crippen LogP contribution in [0.5, 0.6) is 0 Å². The van der Waals surface area contributed by atoms with Crippen LogP contribution in [-0.2, 0) is 5.41 Å². The molecule has 0 heterocycles. The zero-order valence-corrected chi connectivity index (χ0v) is 12.9. The molecule has 0 unspecified atom stereocenters. The van der Waals surface area contributed by atoms with Crippen molar-refractivity contribution in [3.05, 3.63) is 29.6 Å². The molecule has 6 heteroatoms. The largest absolute Gasteiger partial charge is 1.00 e. The maximum absolute atomic E-state index is 13.2. The fraction of sp³-hybridized carbons (Fsp3) is 0.400. The van der Waals surface area contributed by atoms with Crippen molar-refractivity contribution in [2.75, 3.05) is 0 Å². The van der Waals surface area contributed by atoms with Crippen molar-refractivity contribution in [3.63, 3.8) is 0 Å². The predicted molar refractivity (Wildman–Crippen MR) is 53.8 cm³/mol. The molecule has 0 atom stereocenters. The maximum atomic E-state index is 13.2. The fourth-order valence-electron chi connectivity index (χ4n) is 1.26. The summed E-state index contributed by atoms with van der Waals surface area (Å²) in [6, 6.07) is 3.11. The van der Waals surface area contributed by atoms with E-state index in [1.54, 1.807) is 0 Å². The first kappa shape index (κ1) is 16.6. The van der Waals surface area contributed by atoms with E-state index in [0.717, 1.165) is 12.1 Å². The van der Waals surface area contributed by atoms with Crippen LogP contribution in [0, 0.1) is 5.82 Å². The first-order valence-electron chi connectivity index (χ1n) is 4.62. The summed E-state index contributed by atoms with van der Waals surface area (Å²) in [6.45, 7) is 0.200. The van der Waals surface area contributed by atoms with Crippen LogP contribution in [0.1, 0.15) is 26.3 Å². The van der Waals surface area contributed by atoms with Gasteiger partial charge in [0.15, 0.2) is 0 Å². The average Bonchev–Trinajstić information content (AvgIpc) is 1.99. The van der Waals surface area contributed by atoms with Crippen molar-refractivity contribution in [2.24, 2.45) is 0 Å². The Kier molecular flexibility index (Phi) is 5.74. The minimum atomic E-state index is -5.26. The van der Waals surface area contributed by atoms with Crippen LogP contribution in [0.4, 0.5) is 17.3 Å². The van der Waals surface area contributed by atoms with Crippen molar-refractivity contribution < 1.29 is 68.7 Å². The molecular weight excluding hydrogens is 246 g/mol. The van der Waals surface area contributed by atoms with Crippen molar-refractivity contribution in [1.82, 2.24) is 0 Å². The second kappa shape index (κ2) is 5.52. The van der Waals surface area contributed by atoms with E-state index in [-0.39, 0.29) is 56.8 Å². The van der Waals surface area contributed by atoms with Gasteiger partial charge in [0.05, 0.1) is 5.82 Å². The SMILES string of the molecule is CC(C)(C)c1ccc([B-](F)(F)F)c(F)c1.[K+]. The van der Waals surface area contributed by atoms with Crippen LogP contribution in [0.3, 0.4) is 0 Å². The first-order chi connectivity index (χ1) is 6.62. The van der Waals surface area contributed by atoms with Gasteiger partial charge in [-0.3, -0.25) is 0 Å². The summed E-state index contributed by atoms with van der Waals surface area (Å²) >= 11 is 0. The van der Waals surface area contributed by atoms with Gasteiger partial charge in [-0.05, 0) is 17.0 Å². The molecule has 0 fully saturated rings. The Morgan fingerprint density at radius 1 is 1.06 bits per heavy atom. The van der Waals surface area contributed by atoms with Crippen molar-refractivity contribution in [2.45, 2.75) is 26.2 Å². The molecular formula is C10H12BF4K. The van der Waals surface area contributed by atoms with Gasteiger partial charge in [-0.25, -0.2) is 4.39 Å². The van der Waals surface area contributed by atoms with E-state index >= 15 is 0 Å². The molecule has 84 valence electrons. The molecule has 0 radical (unpaired) electrons. The molecule has 0 aliphatic heterocycles. The molecule has 0 bridgehead atoms. The van der Waals surface area contributed by atoms with Crippen LogP contribution < -0.4 is 56.8 Å². The Morgan fingerprint density at radius 2 is 1.56 bits per heavy atom. The van der Waals surface area contributed by atoms with E-state index < -0.39 is 18.3 Å². The summed E-state index contributed by atoms with van der Waals surface area (Å²) in [5, 5.41) is 0. The van der Waals surface area contributed by atoms with Crippen LogP contribution in [0.15, 0.2) is 18.2 Å². The number of halogens is 4. The van der Waals surface area contributed by atoms with Gasteiger partial charge < -0.3 is 12.9 Å². The van der Waals surface area contributed by atoms with Crippen LogP contribution in [0.2, 0.25) is 0 Å². The molecule has 16 heavy (non-hydrogen) atoms. The second-order valence-corrected chi connectivity index (χ2v) is 4.56. The molecule has 0 nitrogen and oxygen atoms in total. The van der Waals surface area contributed by atoms with E-state index in [2.05, 4.69) is 0 Å². The molecule has 0 aliphatic rings. The zero-order valence-electron chi connectivity index (χ0n) is 9.82. The Bertz CT molecular complexity index is 368. The fourth-order valence-corrected chi connectivity index (χ4v) is 1.26. The van der Waals surface area contributed by atoms with Gasteiger partial charge in [0.2, 0.25) is 0 Å². The second-order valence-electron chi connectivity index (χ2n) is 4.56. The monoisotopic (exact) mass is 258 g/mol. The van der Waals surface area contributed by atoms with Gasteiger partial charge in [0.1, 0.15) is 0 Å². The third-order valence-electron chi connectivity index (χ3n) is 2.22. The third kappa shape index (κ3) is 4.14. The van der Waals surface area contributed by atoms with Gasteiger partial charge in [0, 0.05) is 0 Å².